The number of carbonyl (C=O) groups excluding carboxylic acids is 1. The second-order valence-corrected chi connectivity index (χ2v) is 10.9. The molecule has 0 spiro atoms. The Morgan fingerprint density at radius 3 is 2.33 bits per heavy atom. The molecule has 7 nitrogen and oxygen atoms in total. The van der Waals surface area contributed by atoms with Crippen molar-refractivity contribution in [3.63, 3.8) is 0 Å². The van der Waals surface area contributed by atoms with E-state index in [1.165, 1.54) is 0 Å². The minimum Gasteiger partial charge on any atom is -0.334 e. The molecule has 2 fully saturated rings. The van der Waals surface area contributed by atoms with Crippen molar-refractivity contribution in [2.24, 2.45) is 0 Å². The van der Waals surface area contributed by atoms with Crippen molar-refractivity contribution in [3.05, 3.63) is 100 Å². The van der Waals surface area contributed by atoms with Gasteiger partial charge in [-0.25, -0.2) is 0 Å². The number of halogens is 2. The highest BCUT2D eigenvalue weighted by Gasteiger charge is 2.46. The van der Waals surface area contributed by atoms with E-state index < -0.39 is 0 Å². The van der Waals surface area contributed by atoms with E-state index in [4.69, 9.17) is 38.3 Å². The lowest BCUT2D eigenvalue weighted by Gasteiger charge is -2.34. The zero-order valence-corrected chi connectivity index (χ0v) is 22.6. The van der Waals surface area contributed by atoms with Crippen molar-refractivity contribution in [1.82, 2.24) is 24.5 Å². The van der Waals surface area contributed by atoms with Gasteiger partial charge in [0.15, 0.2) is 5.65 Å². The van der Waals surface area contributed by atoms with Crippen LogP contribution in [0.2, 0.25) is 10.0 Å². The second kappa shape index (κ2) is 9.36. The van der Waals surface area contributed by atoms with E-state index in [-0.39, 0.29) is 18.0 Å². The molecule has 2 saturated heterocycles. The van der Waals surface area contributed by atoms with E-state index in [1.807, 2.05) is 90.7 Å². The lowest BCUT2D eigenvalue weighted by atomic mass is 10.0. The Kier molecular flexibility index (Phi) is 5.79. The molecule has 0 aliphatic carbocycles. The summed E-state index contributed by atoms with van der Waals surface area (Å²) in [4.78, 5) is 27.3. The molecular formula is C30H24Cl2N6O. The lowest BCUT2D eigenvalue weighted by molar-refractivity contribution is 0.0725. The molecule has 7 rings (SSSR count). The third kappa shape index (κ3) is 4.04. The first kappa shape index (κ1) is 24.1. The average molecular weight is 555 g/mol. The molecule has 3 aromatic carbocycles. The van der Waals surface area contributed by atoms with Gasteiger partial charge in [0, 0.05) is 29.2 Å². The van der Waals surface area contributed by atoms with Gasteiger partial charge in [-0.3, -0.25) is 4.79 Å². The molecule has 0 radical (unpaired) electrons. The van der Waals surface area contributed by atoms with Crippen LogP contribution in [-0.2, 0) is 0 Å². The number of rotatable bonds is 4. The van der Waals surface area contributed by atoms with E-state index in [1.54, 1.807) is 4.52 Å². The fourth-order valence-electron chi connectivity index (χ4n) is 5.81. The fraction of sp³-hybridized carbons (Fsp3) is 0.200. The summed E-state index contributed by atoms with van der Waals surface area (Å²) in [5.41, 5.74) is 4.80. The molecule has 1 amide bonds. The number of fused-ring (bicyclic) bond motifs is 3. The number of aromatic nitrogens is 4. The molecule has 9 heteroatoms. The number of amides is 1. The summed E-state index contributed by atoms with van der Waals surface area (Å²) < 4.78 is 1.78. The zero-order chi connectivity index (χ0) is 26.7. The first-order valence-electron chi connectivity index (χ1n) is 12.9. The van der Waals surface area contributed by atoms with Crippen LogP contribution in [0.25, 0.3) is 28.0 Å². The van der Waals surface area contributed by atoms with Gasteiger partial charge < -0.3 is 9.80 Å². The number of aryl methyl sites for hydroxylation is 1. The maximum Gasteiger partial charge on any atom is 0.254 e. The van der Waals surface area contributed by atoms with Gasteiger partial charge in [-0.2, -0.15) is 19.6 Å². The number of hydrogen-bond acceptors (Lipinski definition) is 5. The Morgan fingerprint density at radius 1 is 0.872 bits per heavy atom. The normalized spacial score (nSPS) is 18.3. The summed E-state index contributed by atoms with van der Waals surface area (Å²) in [5, 5.41) is 6.20. The second-order valence-electron chi connectivity index (χ2n) is 10.0. The first-order chi connectivity index (χ1) is 19.0. The van der Waals surface area contributed by atoms with E-state index in [9.17, 15) is 4.79 Å². The van der Waals surface area contributed by atoms with Crippen LogP contribution < -0.4 is 4.90 Å². The monoisotopic (exact) mass is 554 g/mol. The van der Waals surface area contributed by atoms with Crippen molar-refractivity contribution in [2.75, 3.05) is 18.0 Å². The molecule has 5 aromatic rings. The largest absolute Gasteiger partial charge is 0.334 e. The molecule has 2 aromatic heterocycles. The minimum atomic E-state index is 0.0838. The number of benzene rings is 3. The number of piperazine rings is 1. The Hall–Kier alpha value is -3.94. The zero-order valence-electron chi connectivity index (χ0n) is 21.1. The Morgan fingerprint density at radius 2 is 1.62 bits per heavy atom. The summed E-state index contributed by atoms with van der Waals surface area (Å²) in [6, 6.07) is 25.1. The summed E-state index contributed by atoms with van der Waals surface area (Å²) in [6.07, 6.45) is 0.903. The van der Waals surface area contributed by atoms with Gasteiger partial charge in [0.2, 0.25) is 5.95 Å². The van der Waals surface area contributed by atoms with Gasteiger partial charge in [0.05, 0.1) is 22.7 Å². The molecule has 2 atom stereocenters. The van der Waals surface area contributed by atoms with Gasteiger partial charge in [-0.05, 0) is 49.2 Å². The first-order valence-corrected chi connectivity index (χ1v) is 13.6. The van der Waals surface area contributed by atoms with E-state index in [0.29, 0.717) is 34.7 Å². The van der Waals surface area contributed by atoms with Gasteiger partial charge in [-0.1, -0.05) is 71.7 Å². The molecule has 4 heterocycles. The molecule has 194 valence electrons. The standard InChI is InChI=1S/C30H24Cl2N6O/c1-18-33-30(37-17-22-15-23(37)16-36(22)29(39)20-7-3-2-4-8-20)34-28-26(19-11-13-21(31)14-12-19)27(35-38(18)28)24-9-5-6-10-25(24)32/h2-14,22-23H,15-17H2,1H3. The van der Waals surface area contributed by atoms with Gasteiger partial charge in [0.25, 0.3) is 5.91 Å². The lowest BCUT2D eigenvalue weighted by Crippen LogP contribution is -2.49. The highest BCUT2D eigenvalue weighted by Crippen LogP contribution is 2.40. The Bertz CT molecular complexity index is 1720. The molecule has 39 heavy (non-hydrogen) atoms. The topological polar surface area (TPSA) is 66.6 Å². The molecule has 2 aliphatic rings. The quantitative estimate of drug-likeness (QED) is 0.265. The summed E-state index contributed by atoms with van der Waals surface area (Å²) >= 11 is 12.8. The maximum atomic E-state index is 13.1. The van der Waals surface area contributed by atoms with E-state index >= 15 is 0 Å². The number of hydrogen-bond donors (Lipinski definition) is 0. The predicted molar refractivity (Wildman–Crippen MR) is 153 cm³/mol. The van der Waals surface area contributed by atoms with Crippen LogP contribution in [0.5, 0.6) is 0 Å². The van der Waals surface area contributed by atoms with Crippen LogP contribution in [0.4, 0.5) is 5.95 Å². The Labute approximate surface area is 235 Å². The molecule has 2 bridgehead atoms. The van der Waals surface area contributed by atoms with E-state index in [2.05, 4.69) is 4.90 Å². The van der Waals surface area contributed by atoms with Crippen molar-refractivity contribution in [3.8, 4) is 22.4 Å². The summed E-state index contributed by atoms with van der Waals surface area (Å²) in [5.74, 6) is 1.46. The predicted octanol–water partition coefficient (Wildman–Crippen LogP) is 6.18. The van der Waals surface area contributed by atoms with Crippen molar-refractivity contribution < 1.29 is 4.79 Å². The van der Waals surface area contributed by atoms with Crippen LogP contribution >= 0.6 is 23.2 Å². The fourth-order valence-corrected chi connectivity index (χ4v) is 6.16. The van der Waals surface area contributed by atoms with Crippen LogP contribution in [-0.4, -0.2) is 55.6 Å². The summed E-state index contributed by atoms with van der Waals surface area (Å²) in [7, 11) is 0. The highest BCUT2D eigenvalue weighted by molar-refractivity contribution is 6.33. The number of anilines is 1. The number of nitrogens with zero attached hydrogens (tertiary/aromatic N) is 6. The molecule has 2 aliphatic heterocycles. The third-order valence-corrected chi connectivity index (χ3v) is 8.26. The van der Waals surface area contributed by atoms with Gasteiger partial charge in [0.1, 0.15) is 11.5 Å². The highest BCUT2D eigenvalue weighted by atomic mass is 35.5. The molecule has 0 N–H and O–H groups in total. The minimum absolute atomic E-state index is 0.0838. The molecule has 0 saturated carbocycles. The van der Waals surface area contributed by atoms with Crippen molar-refractivity contribution >= 4 is 40.7 Å². The Balaban J connectivity index is 1.30. The molecular weight excluding hydrogens is 531 g/mol. The van der Waals surface area contributed by atoms with E-state index in [0.717, 1.165) is 40.2 Å². The third-order valence-electron chi connectivity index (χ3n) is 7.68. The van der Waals surface area contributed by atoms with Crippen LogP contribution in [0.3, 0.4) is 0 Å². The van der Waals surface area contributed by atoms with Crippen molar-refractivity contribution in [2.45, 2.75) is 25.4 Å². The van der Waals surface area contributed by atoms with Crippen LogP contribution in [0.15, 0.2) is 78.9 Å². The van der Waals surface area contributed by atoms with Gasteiger partial charge >= 0.3 is 0 Å². The SMILES string of the molecule is Cc1nc(N2CC3CC2CN3C(=O)c2ccccc2)nc2c(-c3ccc(Cl)cc3)c(-c3ccccc3Cl)nn12. The van der Waals surface area contributed by atoms with Gasteiger partial charge in [-0.15, -0.1) is 0 Å². The maximum absolute atomic E-state index is 13.1. The number of carbonyl (C=O) groups is 1. The van der Waals surface area contributed by atoms with Crippen LogP contribution in [0.1, 0.15) is 22.6 Å². The van der Waals surface area contributed by atoms with Crippen molar-refractivity contribution in [1.29, 1.82) is 0 Å². The average Bonchev–Trinajstić information content (AvgIpc) is 3.67. The summed E-state index contributed by atoms with van der Waals surface area (Å²) in [6.45, 7) is 3.29. The smallest absolute Gasteiger partial charge is 0.254 e. The molecule has 2 unspecified atom stereocenters. The number of likely N-dealkylation sites (tertiary alicyclic amines) is 1. The van der Waals surface area contributed by atoms with Crippen LogP contribution in [0, 0.1) is 6.92 Å².